The lowest BCUT2D eigenvalue weighted by atomic mass is 10.1. The van der Waals surface area contributed by atoms with Gasteiger partial charge in [-0.05, 0) is 38.3 Å². The van der Waals surface area contributed by atoms with Crippen LogP contribution in [0.4, 0.5) is 0 Å². The van der Waals surface area contributed by atoms with Crippen LogP contribution in [0, 0.1) is 18.3 Å². The summed E-state index contributed by atoms with van der Waals surface area (Å²) in [6, 6.07) is 0. The first kappa shape index (κ1) is 10.6. The summed E-state index contributed by atoms with van der Waals surface area (Å²) in [5.41, 5.74) is 0. The standard InChI is InChI=1S/C11H19NO/c1-2-3-4-8-13-9-6-11-5-7-12-10-11/h1,11-12H,3-10H2. The second kappa shape index (κ2) is 6.94. The van der Waals surface area contributed by atoms with E-state index in [4.69, 9.17) is 11.2 Å². The van der Waals surface area contributed by atoms with Gasteiger partial charge in [0.15, 0.2) is 0 Å². The lowest BCUT2D eigenvalue weighted by Gasteiger charge is -2.07. The van der Waals surface area contributed by atoms with E-state index >= 15 is 0 Å². The number of ether oxygens (including phenoxy) is 1. The first-order valence-corrected chi connectivity index (χ1v) is 5.15. The van der Waals surface area contributed by atoms with Crippen molar-refractivity contribution in [1.29, 1.82) is 0 Å². The number of hydrogen-bond acceptors (Lipinski definition) is 2. The zero-order valence-electron chi connectivity index (χ0n) is 8.22. The summed E-state index contributed by atoms with van der Waals surface area (Å²) >= 11 is 0. The molecule has 0 radical (unpaired) electrons. The molecule has 1 aliphatic heterocycles. The Hall–Kier alpha value is -0.520. The number of unbranched alkanes of at least 4 members (excludes halogenated alkanes) is 1. The van der Waals surface area contributed by atoms with Crippen molar-refractivity contribution in [3.05, 3.63) is 0 Å². The summed E-state index contributed by atoms with van der Waals surface area (Å²) in [7, 11) is 0. The highest BCUT2D eigenvalue weighted by atomic mass is 16.5. The third-order valence-corrected chi connectivity index (χ3v) is 2.44. The van der Waals surface area contributed by atoms with Crippen molar-refractivity contribution in [2.75, 3.05) is 26.3 Å². The highest BCUT2D eigenvalue weighted by molar-refractivity contribution is 4.82. The molecule has 74 valence electrons. The molecule has 0 amide bonds. The molecule has 1 rings (SSSR count). The first-order valence-electron chi connectivity index (χ1n) is 5.15. The van der Waals surface area contributed by atoms with Gasteiger partial charge in [0.2, 0.25) is 0 Å². The molecule has 13 heavy (non-hydrogen) atoms. The quantitative estimate of drug-likeness (QED) is 0.494. The molecule has 0 saturated carbocycles. The molecule has 2 heteroatoms. The number of rotatable bonds is 6. The number of terminal acetylenes is 1. The molecule has 1 atom stereocenters. The molecule has 1 fully saturated rings. The Morgan fingerprint density at radius 1 is 1.46 bits per heavy atom. The zero-order chi connectivity index (χ0) is 9.36. The molecule has 0 bridgehead atoms. The molecule has 1 aliphatic rings. The van der Waals surface area contributed by atoms with Crippen molar-refractivity contribution in [3.63, 3.8) is 0 Å². The molecule has 0 spiro atoms. The summed E-state index contributed by atoms with van der Waals surface area (Å²) in [4.78, 5) is 0. The summed E-state index contributed by atoms with van der Waals surface area (Å²) < 4.78 is 5.47. The number of hydrogen-bond donors (Lipinski definition) is 1. The lowest BCUT2D eigenvalue weighted by molar-refractivity contribution is 0.120. The monoisotopic (exact) mass is 181 g/mol. The fourth-order valence-electron chi connectivity index (χ4n) is 1.59. The van der Waals surface area contributed by atoms with Crippen LogP contribution in [0.25, 0.3) is 0 Å². The smallest absolute Gasteiger partial charge is 0.0475 e. The molecule has 0 aromatic heterocycles. The van der Waals surface area contributed by atoms with E-state index in [2.05, 4.69) is 11.2 Å². The van der Waals surface area contributed by atoms with Crippen LogP contribution in [-0.4, -0.2) is 26.3 Å². The van der Waals surface area contributed by atoms with Crippen molar-refractivity contribution in [2.24, 2.45) is 5.92 Å². The van der Waals surface area contributed by atoms with Gasteiger partial charge in [-0.3, -0.25) is 0 Å². The summed E-state index contributed by atoms with van der Waals surface area (Å²) in [5.74, 6) is 3.45. The van der Waals surface area contributed by atoms with Crippen molar-refractivity contribution in [1.82, 2.24) is 5.32 Å². The van der Waals surface area contributed by atoms with Gasteiger partial charge in [0.05, 0.1) is 0 Å². The molecule has 1 N–H and O–H groups in total. The molecule has 1 saturated heterocycles. The van der Waals surface area contributed by atoms with Gasteiger partial charge in [-0.25, -0.2) is 0 Å². The fraction of sp³-hybridized carbons (Fsp3) is 0.818. The van der Waals surface area contributed by atoms with Gasteiger partial charge in [-0.15, -0.1) is 12.3 Å². The van der Waals surface area contributed by atoms with Crippen LogP contribution in [0.5, 0.6) is 0 Å². The number of nitrogens with one attached hydrogen (secondary N) is 1. The molecule has 0 aliphatic carbocycles. The van der Waals surface area contributed by atoms with Crippen LogP contribution in [0.1, 0.15) is 25.7 Å². The first-order chi connectivity index (χ1) is 6.43. The Bertz CT molecular complexity index is 156. The lowest BCUT2D eigenvalue weighted by Crippen LogP contribution is -2.11. The third-order valence-electron chi connectivity index (χ3n) is 2.44. The van der Waals surface area contributed by atoms with Crippen LogP contribution in [0.2, 0.25) is 0 Å². The van der Waals surface area contributed by atoms with Crippen molar-refractivity contribution in [3.8, 4) is 12.3 Å². The minimum atomic E-state index is 0.824. The van der Waals surface area contributed by atoms with Crippen LogP contribution in [0.3, 0.4) is 0 Å². The largest absolute Gasteiger partial charge is 0.381 e. The highest BCUT2D eigenvalue weighted by Crippen LogP contribution is 2.11. The minimum Gasteiger partial charge on any atom is -0.381 e. The Labute approximate surface area is 81.0 Å². The summed E-state index contributed by atoms with van der Waals surface area (Å²) in [6.07, 6.45) is 9.48. The average Bonchev–Trinajstić information content (AvgIpc) is 2.63. The van der Waals surface area contributed by atoms with E-state index in [1.807, 2.05) is 0 Å². The molecular weight excluding hydrogens is 162 g/mol. The second-order valence-electron chi connectivity index (χ2n) is 3.57. The van der Waals surface area contributed by atoms with Gasteiger partial charge in [0.1, 0.15) is 0 Å². The molecular formula is C11H19NO. The molecule has 2 nitrogen and oxygen atoms in total. The van der Waals surface area contributed by atoms with Crippen LogP contribution in [0.15, 0.2) is 0 Å². The molecule has 1 heterocycles. The molecule has 0 aromatic rings. The van der Waals surface area contributed by atoms with E-state index in [-0.39, 0.29) is 0 Å². The van der Waals surface area contributed by atoms with E-state index in [0.29, 0.717) is 0 Å². The van der Waals surface area contributed by atoms with Gasteiger partial charge in [0.25, 0.3) is 0 Å². The van der Waals surface area contributed by atoms with Crippen molar-refractivity contribution >= 4 is 0 Å². The van der Waals surface area contributed by atoms with E-state index in [1.54, 1.807) is 0 Å². The van der Waals surface area contributed by atoms with Crippen LogP contribution in [-0.2, 0) is 4.74 Å². The molecule has 0 aromatic carbocycles. The maximum absolute atomic E-state index is 5.47. The maximum Gasteiger partial charge on any atom is 0.0475 e. The van der Waals surface area contributed by atoms with E-state index in [9.17, 15) is 0 Å². The topological polar surface area (TPSA) is 21.3 Å². The van der Waals surface area contributed by atoms with Crippen LogP contribution >= 0.6 is 0 Å². The van der Waals surface area contributed by atoms with Gasteiger partial charge in [0, 0.05) is 19.6 Å². The third kappa shape index (κ3) is 4.92. The van der Waals surface area contributed by atoms with E-state index < -0.39 is 0 Å². The van der Waals surface area contributed by atoms with Crippen molar-refractivity contribution in [2.45, 2.75) is 25.7 Å². The van der Waals surface area contributed by atoms with Gasteiger partial charge in [-0.1, -0.05) is 0 Å². The van der Waals surface area contributed by atoms with E-state index in [0.717, 1.165) is 32.0 Å². The Morgan fingerprint density at radius 2 is 2.38 bits per heavy atom. The normalized spacial score (nSPS) is 21.6. The summed E-state index contributed by atoms with van der Waals surface area (Å²) in [6.45, 7) is 4.08. The Balaban J connectivity index is 1.81. The SMILES string of the molecule is C#CCCCOCCC1CCNC1. The van der Waals surface area contributed by atoms with Crippen LogP contribution < -0.4 is 5.32 Å². The zero-order valence-corrected chi connectivity index (χ0v) is 8.22. The Morgan fingerprint density at radius 3 is 3.08 bits per heavy atom. The predicted octanol–water partition coefficient (Wildman–Crippen LogP) is 1.42. The minimum absolute atomic E-state index is 0.824. The molecule has 1 unspecified atom stereocenters. The maximum atomic E-state index is 5.47. The Kier molecular flexibility index (Phi) is 5.64. The second-order valence-corrected chi connectivity index (χ2v) is 3.57. The fourth-order valence-corrected chi connectivity index (χ4v) is 1.59. The van der Waals surface area contributed by atoms with Crippen molar-refractivity contribution < 1.29 is 4.74 Å². The van der Waals surface area contributed by atoms with Gasteiger partial charge < -0.3 is 10.1 Å². The predicted molar refractivity (Wildman–Crippen MR) is 54.5 cm³/mol. The van der Waals surface area contributed by atoms with Gasteiger partial charge >= 0.3 is 0 Å². The van der Waals surface area contributed by atoms with Gasteiger partial charge in [-0.2, -0.15) is 0 Å². The van der Waals surface area contributed by atoms with E-state index in [1.165, 1.54) is 25.9 Å². The summed E-state index contributed by atoms with van der Waals surface area (Å²) in [5, 5.41) is 3.35. The average molecular weight is 181 g/mol. The highest BCUT2D eigenvalue weighted by Gasteiger charge is 2.13.